The molecular formula is C22H34O3. The van der Waals surface area contributed by atoms with Crippen LogP contribution in [0.1, 0.15) is 72.1 Å². The zero-order valence-corrected chi connectivity index (χ0v) is 16.0. The molecule has 3 saturated carbocycles. The minimum atomic E-state index is -0.618. The van der Waals surface area contributed by atoms with Crippen molar-refractivity contribution in [2.45, 2.75) is 78.2 Å². The largest absolute Gasteiger partial charge is 0.481 e. The Kier molecular flexibility index (Phi) is 4.10. The molecule has 140 valence electrons. The monoisotopic (exact) mass is 346 g/mol. The number of allylic oxidation sites excluding steroid dienone is 1. The van der Waals surface area contributed by atoms with Crippen LogP contribution in [0, 0.1) is 40.4 Å². The van der Waals surface area contributed by atoms with Gasteiger partial charge in [0.1, 0.15) is 0 Å². The molecule has 3 heteroatoms. The number of hydrogen-bond donors (Lipinski definition) is 2. The van der Waals surface area contributed by atoms with Gasteiger partial charge in [-0.05, 0) is 85.9 Å². The first-order valence-electron chi connectivity index (χ1n) is 10.4. The first-order chi connectivity index (χ1) is 11.8. The zero-order chi connectivity index (χ0) is 18.0. The van der Waals surface area contributed by atoms with Crippen molar-refractivity contribution in [3.8, 4) is 0 Å². The van der Waals surface area contributed by atoms with Gasteiger partial charge in [0.2, 0.25) is 0 Å². The van der Waals surface area contributed by atoms with Gasteiger partial charge in [-0.3, -0.25) is 4.79 Å². The fourth-order valence-corrected chi connectivity index (χ4v) is 7.68. The van der Waals surface area contributed by atoms with Crippen molar-refractivity contribution in [1.29, 1.82) is 0 Å². The molecule has 0 amide bonds. The van der Waals surface area contributed by atoms with E-state index in [2.05, 4.69) is 19.9 Å². The summed E-state index contributed by atoms with van der Waals surface area (Å²) in [6.07, 6.45) is 11.1. The van der Waals surface area contributed by atoms with E-state index in [4.69, 9.17) is 0 Å². The average molecular weight is 347 g/mol. The standard InChI is InChI=1S/C22H34O3/c1-13(20(24)25)17-6-7-18-16-5-4-14-12-15(23)8-10-21(14,2)19(16)9-11-22(17,18)3/h4,13,15-19,23H,5-12H2,1-3H3,(H,24,25)/t13?,15?,16-,17+,18-,19-,21-,22+/m0/s1. The van der Waals surface area contributed by atoms with Gasteiger partial charge >= 0.3 is 5.97 Å². The van der Waals surface area contributed by atoms with E-state index in [0.29, 0.717) is 17.8 Å². The van der Waals surface area contributed by atoms with E-state index in [1.807, 2.05) is 6.92 Å². The molecule has 0 saturated heterocycles. The number of hydrogen-bond acceptors (Lipinski definition) is 2. The lowest BCUT2D eigenvalue weighted by Crippen LogP contribution is -2.51. The number of carboxylic acid groups (broad SMARTS) is 1. The van der Waals surface area contributed by atoms with Crippen molar-refractivity contribution in [2.24, 2.45) is 40.4 Å². The molecule has 4 aliphatic rings. The van der Waals surface area contributed by atoms with E-state index in [-0.39, 0.29) is 22.9 Å². The number of aliphatic hydroxyl groups is 1. The fourth-order valence-electron chi connectivity index (χ4n) is 7.68. The van der Waals surface area contributed by atoms with Gasteiger partial charge in [-0.2, -0.15) is 0 Å². The van der Waals surface area contributed by atoms with Gasteiger partial charge < -0.3 is 10.2 Å². The third-order valence-corrected chi connectivity index (χ3v) is 9.14. The number of aliphatic hydroxyl groups excluding tert-OH is 1. The van der Waals surface area contributed by atoms with Crippen LogP contribution < -0.4 is 0 Å². The van der Waals surface area contributed by atoms with Gasteiger partial charge in [0, 0.05) is 0 Å². The molecule has 0 aromatic carbocycles. The van der Waals surface area contributed by atoms with E-state index < -0.39 is 5.97 Å². The number of aliphatic carboxylic acids is 1. The molecule has 2 unspecified atom stereocenters. The average Bonchev–Trinajstić information content (AvgIpc) is 2.92. The summed E-state index contributed by atoms with van der Waals surface area (Å²) in [5.74, 6) is 1.63. The van der Waals surface area contributed by atoms with Crippen LogP contribution in [0.4, 0.5) is 0 Å². The van der Waals surface area contributed by atoms with Gasteiger partial charge in [0.25, 0.3) is 0 Å². The molecule has 0 heterocycles. The van der Waals surface area contributed by atoms with Crippen LogP contribution in [0.15, 0.2) is 11.6 Å². The van der Waals surface area contributed by atoms with Crippen molar-refractivity contribution < 1.29 is 15.0 Å². The van der Waals surface area contributed by atoms with Crippen molar-refractivity contribution in [1.82, 2.24) is 0 Å². The van der Waals surface area contributed by atoms with Crippen LogP contribution in [0.25, 0.3) is 0 Å². The van der Waals surface area contributed by atoms with Crippen molar-refractivity contribution in [2.75, 3.05) is 0 Å². The Morgan fingerprint density at radius 1 is 1.16 bits per heavy atom. The maximum atomic E-state index is 11.6. The first kappa shape index (κ1) is 17.6. The van der Waals surface area contributed by atoms with Crippen molar-refractivity contribution >= 4 is 5.97 Å². The van der Waals surface area contributed by atoms with E-state index in [9.17, 15) is 15.0 Å². The van der Waals surface area contributed by atoms with Crippen LogP contribution in [-0.2, 0) is 4.79 Å². The highest BCUT2D eigenvalue weighted by Crippen LogP contribution is 2.67. The Morgan fingerprint density at radius 2 is 1.92 bits per heavy atom. The van der Waals surface area contributed by atoms with Crippen LogP contribution >= 0.6 is 0 Å². The predicted octanol–water partition coefficient (Wildman–Crippen LogP) is 4.65. The molecule has 0 bridgehead atoms. The number of fused-ring (bicyclic) bond motifs is 5. The van der Waals surface area contributed by atoms with Gasteiger partial charge in [0.05, 0.1) is 12.0 Å². The second-order valence-corrected chi connectivity index (χ2v) is 10.0. The van der Waals surface area contributed by atoms with Crippen LogP contribution in [0.3, 0.4) is 0 Å². The number of carbonyl (C=O) groups is 1. The quantitative estimate of drug-likeness (QED) is 0.716. The lowest BCUT2D eigenvalue weighted by atomic mass is 9.47. The summed E-state index contributed by atoms with van der Waals surface area (Å²) in [5.41, 5.74) is 2.00. The van der Waals surface area contributed by atoms with Crippen LogP contribution in [0.2, 0.25) is 0 Å². The fraction of sp³-hybridized carbons (Fsp3) is 0.864. The molecule has 3 fully saturated rings. The van der Waals surface area contributed by atoms with Crippen LogP contribution in [0.5, 0.6) is 0 Å². The minimum Gasteiger partial charge on any atom is -0.481 e. The van der Waals surface area contributed by atoms with Gasteiger partial charge in [-0.15, -0.1) is 0 Å². The Morgan fingerprint density at radius 3 is 2.64 bits per heavy atom. The highest BCUT2D eigenvalue weighted by molar-refractivity contribution is 5.70. The van der Waals surface area contributed by atoms with E-state index in [1.165, 1.54) is 24.8 Å². The molecule has 0 aromatic rings. The molecular weight excluding hydrogens is 312 g/mol. The summed E-state index contributed by atoms with van der Waals surface area (Å²) in [6.45, 7) is 6.78. The summed E-state index contributed by atoms with van der Waals surface area (Å²) in [7, 11) is 0. The van der Waals surface area contributed by atoms with Gasteiger partial charge in [0.15, 0.2) is 0 Å². The summed E-state index contributed by atoms with van der Waals surface area (Å²) in [6, 6.07) is 0. The topological polar surface area (TPSA) is 57.5 Å². The number of rotatable bonds is 2. The predicted molar refractivity (Wildman–Crippen MR) is 98.0 cm³/mol. The minimum absolute atomic E-state index is 0.142. The lowest BCUT2D eigenvalue weighted by molar-refractivity contribution is -0.146. The Hall–Kier alpha value is -0.830. The molecule has 2 N–H and O–H groups in total. The molecule has 3 nitrogen and oxygen atoms in total. The molecule has 4 aliphatic carbocycles. The summed E-state index contributed by atoms with van der Waals surface area (Å²) < 4.78 is 0. The number of carboxylic acids is 1. The molecule has 0 aromatic heterocycles. The second-order valence-electron chi connectivity index (χ2n) is 10.0. The van der Waals surface area contributed by atoms with Crippen LogP contribution in [-0.4, -0.2) is 22.3 Å². The van der Waals surface area contributed by atoms with Gasteiger partial charge in [-0.25, -0.2) is 0 Å². The summed E-state index contributed by atoms with van der Waals surface area (Å²) in [5, 5.41) is 19.7. The molecule has 25 heavy (non-hydrogen) atoms. The third-order valence-electron chi connectivity index (χ3n) is 9.14. The highest BCUT2D eigenvalue weighted by atomic mass is 16.4. The van der Waals surface area contributed by atoms with Crippen molar-refractivity contribution in [3.63, 3.8) is 0 Å². The molecule has 4 rings (SSSR count). The Bertz CT molecular complexity index is 596. The third kappa shape index (κ3) is 2.44. The Balaban J connectivity index is 1.63. The van der Waals surface area contributed by atoms with E-state index in [1.54, 1.807) is 0 Å². The smallest absolute Gasteiger partial charge is 0.306 e. The SMILES string of the molecule is CC(C(=O)O)[C@H]1CC[C@H]2[C@@H]3CC=C4CC(O)CC[C@]4(C)[C@H]3CC[C@]12C. The zero-order valence-electron chi connectivity index (χ0n) is 16.0. The lowest BCUT2D eigenvalue weighted by Gasteiger charge is -2.58. The normalized spacial score (nSPS) is 50.2. The summed E-state index contributed by atoms with van der Waals surface area (Å²) >= 11 is 0. The van der Waals surface area contributed by atoms with E-state index >= 15 is 0 Å². The molecule has 0 radical (unpaired) electrons. The highest BCUT2D eigenvalue weighted by Gasteiger charge is 2.59. The molecule has 0 aliphatic heterocycles. The Labute approximate surface area is 151 Å². The van der Waals surface area contributed by atoms with Crippen molar-refractivity contribution in [3.05, 3.63) is 11.6 Å². The second kappa shape index (κ2) is 5.84. The molecule has 8 atom stereocenters. The van der Waals surface area contributed by atoms with Gasteiger partial charge in [-0.1, -0.05) is 32.4 Å². The van der Waals surface area contributed by atoms with E-state index in [0.717, 1.165) is 38.0 Å². The maximum absolute atomic E-state index is 11.6. The first-order valence-corrected chi connectivity index (χ1v) is 10.4. The summed E-state index contributed by atoms with van der Waals surface area (Å²) in [4.78, 5) is 11.6. The molecule has 0 spiro atoms. The maximum Gasteiger partial charge on any atom is 0.306 e.